The van der Waals surface area contributed by atoms with Crippen molar-refractivity contribution in [2.24, 2.45) is 0 Å². The molecule has 3 aliphatic rings. The lowest BCUT2D eigenvalue weighted by Crippen LogP contribution is -2.61. The average molecular weight is 645 g/mol. The summed E-state index contributed by atoms with van der Waals surface area (Å²) < 4.78 is 22.3. The van der Waals surface area contributed by atoms with Crippen LogP contribution in [0.5, 0.6) is 17.2 Å². The molecule has 2 fully saturated rings. The number of hydrogen-bond donors (Lipinski definition) is 1. The molecule has 3 aliphatic heterocycles. The minimum atomic E-state index is -1.36. The van der Waals surface area contributed by atoms with Crippen LogP contribution in [0.25, 0.3) is 0 Å². The fourth-order valence-corrected chi connectivity index (χ4v) is 8.88. The SMILES string of the molecule is COc1cc(C2CN(C)C3(C(=O)Nc4ccc(Br)cc43)C23SC(=S)N(Cc2ccco2)C3=O)cc(OC)c1OC. The number of thiocarbonyl (C=S) groups is 1. The summed E-state index contributed by atoms with van der Waals surface area (Å²) in [6, 6.07) is 12.9. The molecule has 4 heterocycles. The Bertz CT molecular complexity index is 1520. The standard InChI is InChI=1S/C28H26BrN3O6S2/c1-31-14-19(15-10-21(35-2)23(37-4)22(11-15)36-3)28(25(34)32(26(39)40-28)13-17-6-5-9-38-17)27(31)18-12-16(29)7-8-20(18)30-24(27)33/h5-12,19H,13-14H2,1-4H3,(H,30,33). The van der Waals surface area contributed by atoms with Crippen LogP contribution in [0.4, 0.5) is 5.69 Å². The minimum absolute atomic E-state index is 0.161. The number of likely N-dealkylation sites (tertiary alicyclic amines) is 1. The molecular formula is C28H26BrN3O6S2. The van der Waals surface area contributed by atoms with Gasteiger partial charge in [-0.05, 0) is 55.1 Å². The molecule has 1 N–H and O–H groups in total. The predicted molar refractivity (Wildman–Crippen MR) is 158 cm³/mol. The van der Waals surface area contributed by atoms with Crippen LogP contribution in [0.15, 0.2) is 57.6 Å². The quantitative estimate of drug-likeness (QED) is 0.382. The highest BCUT2D eigenvalue weighted by Gasteiger charge is 2.77. The van der Waals surface area contributed by atoms with E-state index in [1.807, 2.05) is 42.3 Å². The number of thioether (sulfide) groups is 1. The van der Waals surface area contributed by atoms with E-state index in [2.05, 4.69) is 21.2 Å². The number of halogens is 1. The Labute approximate surface area is 249 Å². The summed E-state index contributed by atoms with van der Waals surface area (Å²) in [5.41, 5.74) is 0.778. The summed E-state index contributed by atoms with van der Waals surface area (Å²) in [5.74, 6) is 0.930. The van der Waals surface area contributed by atoms with Crippen LogP contribution in [0.2, 0.25) is 0 Å². The van der Waals surface area contributed by atoms with Gasteiger partial charge in [-0.1, -0.05) is 39.9 Å². The highest BCUT2D eigenvalue weighted by Crippen LogP contribution is 2.66. The van der Waals surface area contributed by atoms with Gasteiger partial charge in [0, 0.05) is 28.2 Å². The lowest BCUT2D eigenvalue weighted by molar-refractivity contribution is -0.138. The van der Waals surface area contributed by atoms with Crippen LogP contribution in [-0.4, -0.2) is 65.6 Å². The number of benzene rings is 2. The van der Waals surface area contributed by atoms with Gasteiger partial charge in [0.1, 0.15) is 14.8 Å². The Morgan fingerprint density at radius 1 is 1.12 bits per heavy atom. The van der Waals surface area contributed by atoms with Gasteiger partial charge >= 0.3 is 0 Å². The molecule has 6 rings (SSSR count). The number of fused-ring (bicyclic) bond motifs is 3. The van der Waals surface area contributed by atoms with E-state index < -0.39 is 16.2 Å². The number of nitrogens with one attached hydrogen (secondary N) is 1. The second kappa shape index (κ2) is 9.79. The first kappa shape index (κ1) is 27.1. The van der Waals surface area contributed by atoms with Crippen LogP contribution in [0, 0.1) is 0 Å². The number of likely N-dealkylation sites (N-methyl/N-ethyl adjacent to an activating group) is 1. The molecule has 2 spiro atoms. The number of ether oxygens (including phenoxy) is 3. The molecule has 40 heavy (non-hydrogen) atoms. The van der Waals surface area contributed by atoms with E-state index in [1.165, 1.54) is 11.8 Å². The van der Waals surface area contributed by atoms with Gasteiger partial charge in [-0.25, -0.2) is 0 Å². The van der Waals surface area contributed by atoms with E-state index in [1.54, 1.807) is 44.6 Å². The van der Waals surface area contributed by atoms with Crippen molar-refractivity contribution in [2.75, 3.05) is 40.2 Å². The first-order chi connectivity index (χ1) is 19.2. The van der Waals surface area contributed by atoms with Gasteiger partial charge in [0.05, 0.1) is 34.1 Å². The van der Waals surface area contributed by atoms with Crippen LogP contribution in [0.3, 0.4) is 0 Å². The molecule has 208 valence electrons. The summed E-state index contributed by atoms with van der Waals surface area (Å²) in [4.78, 5) is 32.7. The predicted octanol–water partition coefficient (Wildman–Crippen LogP) is 4.74. The highest BCUT2D eigenvalue weighted by molar-refractivity contribution is 9.10. The third kappa shape index (κ3) is 3.52. The average Bonchev–Trinajstić information content (AvgIpc) is 3.68. The van der Waals surface area contributed by atoms with Crippen molar-refractivity contribution >= 4 is 61.7 Å². The van der Waals surface area contributed by atoms with Crippen molar-refractivity contribution in [1.29, 1.82) is 0 Å². The number of anilines is 1. The number of carbonyl (C=O) groups excluding carboxylic acids is 2. The van der Waals surface area contributed by atoms with Gasteiger partial charge in [-0.3, -0.25) is 19.4 Å². The molecule has 0 radical (unpaired) electrons. The second-order valence-corrected chi connectivity index (χ2v) is 12.6. The molecule has 3 atom stereocenters. The van der Waals surface area contributed by atoms with Gasteiger partial charge in [0.2, 0.25) is 11.7 Å². The fourth-order valence-electron chi connectivity index (χ4n) is 6.39. The zero-order valence-electron chi connectivity index (χ0n) is 22.1. The lowest BCUT2D eigenvalue weighted by Gasteiger charge is -2.41. The zero-order valence-corrected chi connectivity index (χ0v) is 25.4. The van der Waals surface area contributed by atoms with Gasteiger partial charge < -0.3 is 23.9 Å². The van der Waals surface area contributed by atoms with E-state index in [0.717, 1.165) is 10.0 Å². The molecule has 3 unspecified atom stereocenters. The molecular weight excluding hydrogens is 618 g/mol. The van der Waals surface area contributed by atoms with Crippen molar-refractivity contribution in [1.82, 2.24) is 9.80 Å². The number of methoxy groups -OCH3 is 3. The van der Waals surface area contributed by atoms with Crippen LogP contribution >= 0.6 is 39.9 Å². The van der Waals surface area contributed by atoms with Gasteiger partial charge in [0.15, 0.2) is 17.0 Å². The van der Waals surface area contributed by atoms with E-state index in [4.69, 9.17) is 30.8 Å². The van der Waals surface area contributed by atoms with Crippen molar-refractivity contribution in [2.45, 2.75) is 22.7 Å². The maximum absolute atomic E-state index is 14.9. The summed E-state index contributed by atoms with van der Waals surface area (Å²) in [7, 11) is 6.51. The van der Waals surface area contributed by atoms with E-state index in [0.29, 0.717) is 45.1 Å². The number of amides is 2. The Kier molecular flexibility index (Phi) is 6.64. The van der Waals surface area contributed by atoms with Gasteiger partial charge in [-0.2, -0.15) is 0 Å². The number of carbonyl (C=O) groups is 2. The topological polar surface area (TPSA) is 93.5 Å². The molecule has 1 aromatic heterocycles. The molecule has 9 nitrogen and oxygen atoms in total. The Morgan fingerprint density at radius 2 is 1.85 bits per heavy atom. The molecule has 12 heteroatoms. The smallest absolute Gasteiger partial charge is 0.251 e. The zero-order chi connectivity index (χ0) is 28.4. The van der Waals surface area contributed by atoms with Crippen molar-refractivity contribution in [3.63, 3.8) is 0 Å². The maximum Gasteiger partial charge on any atom is 0.251 e. The van der Waals surface area contributed by atoms with Crippen molar-refractivity contribution < 1.29 is 28.2 Å². The largest absolute Gasteiger partial charge is 0.493 e. The molecule has 0 aliphatic carbocycles. The third-order valence-corrected chi connectivity index (χ3v) is 10.5. The first-order valence-electron chi connectivity index (χ1n) is 12.4. The summed E-state index contributed by atoms with van der Waals surface area (Å²) >= 11 is 10.7. The third-order valence-electron chi connectivity index (χ3n) is 8.02. The molecule has 2 saturated heterocycles. The first-order valence-corrected chi connectivity index (χ1v) is 14.4. The number of nitrogens with zero attached hydrogens (tertiary/aromatic N) is 2. The Hall–Kier alpha value is -3.06. The van der Waals surface area contributed by atoms with Crippen molar-refractivity contribution in [3.8, 4) is 17.2 Å². The van der Waals surface area contributed by atoms with Gasteiger partial charge in [0.25, 0.3) is 5.91 Å². The number of furan rings is 1. The highest BCUT2D eigenvalue weighted by atomic mass is 79.9. The van der Waals surface area contributed by atoms with E-state index in [-0.39, 0.29) is 18.4 Å². The maximum atomic E-state index is 14.9. The molecule has 3 aromatic rings. The van der Waals surface area contributed by atoms with Gasteiger partial charge in [-0.15, -0.1) is 0 Å². The van der Waals surface area contributed by atoms with Crippen LogP contribution in [0.1, 0.15) is 22.8 Å². The Balaban J connectivity index is 1.61. The molecule has 0 saturated carbocycles. The lowest BCUT2D eigenvalue weighted by atomic mass is 9.72. The monoisotopic (exact) mass is 643 g/mol. The van der Waals surface area contributed by atoms with E-state index in [9.17, 15) is 9.59 Å². The summed E-state index contributed by atoms with van der Waals surface area (Å²) in [5, 5.41) is 3.05. The molecule has 2 amide bonds. The summed E-state index contributed by atoms with van der Waals surface area (Å²) in [6.07, 6.45) is 1.56. The minimum Gasteiger partial charge on any atom is -0.493 e. The Morgan fingerprint density at radius 3 is 2.48 bits per heavy atom. The van der Waals surface area contributed by atoms with Crippen LogP contribution in [-0.2, 0) is 21.7 Å². The normalized spacial score (nSPS) is 25.7. The molecule has 2 aromatic carbocycles. The second-order valence-electron chi connectivity index (χ2n) is 9.82. The van der Waals surface area contributed by atoms with Crippen LogP contribution < -0.4 is 19.5 Å². The van der Waals surface area contributed by atoms with Crippen molar-refractivity contribution in [3.05, 3.63) is 70.1 Å². The summed E-state index contributed by atoms with van der Waals surface area (Å²) in [6.45, 7) is 0.544. The number of hydrogen-bond acceptors (Lipinski definition) is 9. The fraction of sp³-hybridized carbons (Fsp3) is 0.321. The van der Waals surface area contributed by atoms with E-state index >= 15 is 0 Å². The number of rotatable bonds is 6. The molecule has 0 bridgehead atoms.